The normalized spacial score (nSPS) is 10.1. The van der Waals surface area contributed by atoms with E-state index < -0.39 is 0 Å². The molecule has 1 rings (SSSR count). The second kappa shape index (κ2) is 8.97. The van der Waals surface area contributed by atoms with Crippen LogP contribution in [0.1, 0.15) is 31.7 Å². The van der Waals surface area contributed by atoms with Crippen molar-refractivity contribution in [2.45, 2.75) is 32.7 Å². The maximum atomic E-state index is 11.3. The zero-order chi connectivity index (χ0) is 13.2. The zero-order valence-electron chi connectivity index (χ0n) is 10.7. The molecule has 100 valence electrons. The van der Waals surface area contributed by atoms with E-state index in [0.29, 0.717) is 18.3 Å². The van der Waals surface area contributed by atoms with Crippen LogP contribution < -0.4 is 10.1 Å². The smallest absolute Gasteiger partial charge is 0.221 e. The lowest BCUT2D eigenvalue weighted by Gasteiger charge is -2.07. The van der Waals surface area contributed by atoms with E-state index in [1.807, 2.05) is 24.3 Å². The lowest BCUT2D eigenvalue weighted by atomic mass is 10.2. The Kier molecular flexibility index (Phi) is 7.49. The summed E-state index contributed by atoms with van der Waals surface area (Å²) in [6.45, 7) is 3.47. The molecule has 1 aromatic carbocycles. The molecule has 0 radical (unpaired) electrons. The van der Waals surface area contributed by atoms with Crippen molar-refractivity contribution in [1.29, 1.82) is 0 Å². The monoisotopic (exact) mass is 313 g/mol. The van der Waals surface area contributed by atoms with Crippen LogP contribution in [0.2, 0.25) is 0 Å². The molecule has 4 heteroatoms. The molecule has 0 aliphatic heterocycles. The minimum atomic E-state index is 0.0650. The fourth-order valence-corrected chi connectivity index (χ4v) is 1.77. The quantitative estimate of drug-likeness (QED) is 0.591. The molecule has 0 saturated heterocycles. The van der Waals surface area contributed by atoms with Crippen molar-refractivity contribution in [2.75, 3.05) is 11.9 Å². The van der Waals surface area contributed by atoms with Gasteiger partial charge in [0.15, 0.2) is 0 Å². The first kappa shape index (κ1) is 15.0. The standard InChI is InChI=1S/C14H20BrNO2/c1-2-3-10-18-13-6-4-12(5-7-13)11-16-14(17)8-9-15/h4-7H,2-3,8-11H2,1H3,(H,16,17). The van der Waals surface area contributed by atoms with Crippen LogP contribution in [-0.2, 0) is 11.3 Å². The van der Waals surface area contributed by atoms with Crippen molar-refractivity contribution in [3.63, 3.8) is 0 Å². The maximum Gasteiger partial charge on any atom is 0.221 e. The van der Waals surface area contributed by atoms with Crippen molar-refractivity contribution in [3.05, 3.63) is 29.8 Å². The number of hydrogen-bond donors (Lipinski definition) is 1. The highest BCUT2D eigenvalue weighted by molar-refractivity contribution is 9.09. The van der Waals surface area contributed by atoms with Gasteiger partial charge in [-0.05, 0) is 24.1 Å². The van der Waals surface area contributed by atoms with Crippen LogP contribution in [0.5, 0.6) is 5.75 Å². The molecule has 0 heterocycles. The number of benzene rings is 1. The van der Waals surface area contributed by atoms with Gasteiger partial charge in [-0.1, -0.05) is 41.4 Å². The molecule has 0 unspecified atom stereocenters. The van der Waals surface area contributed by atoms with Gasteiger partial charge < -0.3 is 10.1 Å². The van der Waals surface area contributed by atoms with Crippen LogP contribution in [-0.4, -0.2) is 17.8 Å². The number of hydrogen-bond acceptors (Lipinski definition) is 2. The number of amides is 1. The van der Waals surface area contributed by atoms with Gasteiger partial charge in [-0.15, -0.1) is 0 Å². The topological polar surface area (TPSA) is 38.3 Å². The van der Waals surface area contributed by atoms with E-state index in [-0.39, 0.29) is 5.91 Å². The summed E-state index contributed by atoms with van der Waals surface area (Å²) in [6.07, 6.45) is 2.72. The molecule has 0 fully saturated rings. The minimum Gasteiger partial charge on any atom is -0.494 e. The first-order chi connectivity index (χ1) is 8.76. The Bertz CT molecular complexity index is 351. The Balaban J connectivity index is 2.33. The van der Waals surface area contributed by atoms with Gasteiger partial charge >= 0.3 is 0 Å². The van der Waals surface area contributed by atoms with Gasteiger partial charge in [0.25, 0.3) is 0 Å². The maximum absolute atomic E-state index is 11.3. The molecular weight excluding hydrogens is 294 g/mol. The molecule has 0 aliphatic rings. The molecular formula is C14H20BrNO2. The Morgan fingerprint density at radius 3 is 2.67 bits per heavy atom. The number of unbranched alkanes of at least 4 members (excludes halogenated alkanes) is 1. The Morgan fingerprint density at radius 1 is 1.33 bits per heavy atom. The number of ether oxygens (including phenoxy) is 1. The average Bonchev–Trinajstić information content (AvgIpc) is 2.38. The SMILES string of the molecule is CCCCOc1ccc(CNC(=O)CCBr)cc1. The summed E-state index contributed by atoms with van der Waals surface area (Å²) >= 11 is 3.24. The van der Waals surface area contributed by atoms with Crippen LogP contribution >= 0.6 is 15.9 Å². The van der Waals surface area contributed by atoms with Gasteiger partial charge in [-0.25, -0.2) is 0 Å². The Labute approximate surface area is 117 Å². The van der Waals surface area contributed by atoms with Crippen molar-refractivity contribution < 1.29 is 9.53 Å². The van der Waals surface area contributed by atoms with E-state index in [1.54, 1.807) is 0 Å². The van der Waals surface area contributed by atoms with Gasteiger partial charge in [-0.2, -0.15) is 0 Å². The first-order valence-electron chi connectivity index (χ1n) is 6.30. The molecule has 18 heavy (non-hydrogen) atoms. The first-order valence-corrected chi connectivity index (χ1v) is 7.42. The molecule has 1 N–H and O–H groups in total. The molecule has 3 nitrogen and oxygen atoms in total. The molecule has 0 aliphatic carbocycles. The van der Waals surface area contributed by atoms with Crippen molar-refractivity contribution >= 4 is 21.8 Å². The fourth-order valence-electron chi connectivity index (χ4n) is 1.41. The third kappa shape index (κ3) is 6.05. The lowest BCUT2D eigenvalue weighted by molar-refractivity contribution is -0.120. The minimum absolute atomic E-state index is 0.0650. The molecule has 0 spiro atoms. The molecule has 0 saturated carbocycles. The van der Waals surface area contributed by atoms with Crippen LogP contribution in [0.4, 0.5) is 0 Å². The molecule has 0 atom stereocenters. The van der Waals surface area contributed by atoms with Gasteiger partial charge in [-0.3, -0.25) is 4.79 Å². The van der Waals surface area contributed by atoms with Crippen molar-refractivity contribution in [2.24, 2.45) is 0 Å². The number of carbonyl (C=O) groups is 1. The summed E-state index contributed by atoms with van der Waals surface area (Å²) < 4.78 is 5.57. The fraction of sp³-hybridized carbons (Fsp3) is 0.500. The third-order valence-corrected chi connectivity index (χ3v) is 2.90. The molecule has 1 amide bonds. The predicted molar refractivity (Wildman–Crippen MR) is 77.1 cm³/mol. The highest BCUT2D eigenvalue weighted by Gasteiger charge is 2.00. The van der Waals surface area contributed by atoms with Crippen LogP contribution in [0.15, 0.2) is 24.3 Å². The number of nitrogens with one attached hydrogen (secondary N) is 1. The van der Waals surface area contributed by atoms with E-state index in [1.165, 1.54) is 0 Å². The van der Waals surface area contributed by atoms with Crippen molar-refractivity contribution in [3.8, 4) is 5.75 Å². The highest BCUT2D eigenvalue weighted by Crippen LogP contribution is 2.12. The molecule has 0 aromatic heterocycles. The van der Waals surface area contributed by atoms with Gasteiger partial charge in [0.1, 0.15) is 5.75 Å². The number of rotatable bonds is 8. The summed E-state index contributed by atoms with van der Waals surface area (Å²) in [5, 5.41) is 3.56. The van der Waals surface area contributed by atoms with E-state index in [0.717, 1.165) is 30.8 Å². The summed E-state index contributed by atoms with van der Waals surface area (Å²) in [4.78, 5) is 11.3. The molecule has 0 bridgehead atoms. The summed E-state index contributed by atoms with van der Waals surface area (Å²) in [5.74, 6) is 0.953. The second-order valence-corrected chi connectivity index (χ2v) is 4.85. The van der Waals surface area contributed by atoms with Crippen LogP contribution in [0.25, 0.3) is 0 Å². The highest BCUT2D eigenvalue weighted by atomic mass is 79.9. The van der Waals surface area contributed by atoms with Crippen LogP contribution in [0.3, 0.4) is 0 Å². The van der Waals surface area contributed by atoms with Gasteiger partial charge in [0.05, 0.1) is 6.61 Å². The van der Waals surface area contributed by atoms with E-state index in [9.17, 15) is 4.79 Å². The van der Waals surface area contributed by atoms with Crippen LogP contribution in [0, 0.1) is 0 Å². The number of halogens is 1. The zero-order valence-corrected chi connectivity index (χ0v) is 12.3. The summed E-state index contributed by atoms with van der Waals surface area (Å²) in [6, 6.07) is 7.86. The molecule has 1 aromatic rings. The van der Waals surface area contributed by atoms with Crippen molar-refractivity contribution in [1.82, 2.24) is 5.32 Å². The van der Waals surface area contributed by atoms with Gasteiger partial charge in [0, 0.05) is 18.3 Å². The third-order valence-electron chi connectivity index (χ3n) is 2.50. The Hall–Kier alpha value is -1.03. The lowest BCUT2D eigenvalue weighted by Crippen LogP contribution is -2.22. The summed E-state index contributed by atoms with van der Waals surface area (Å²) in [7, 11) is 0. The number of alkyl halides is 1. The summed E-state index contributed by atoms with van der Waals surface area (Å²) in [5.41, 5.74) is 1.08. The number of carbonyl (C=O) groups excluding carboxylic acids is 1. The van der Waals surface area contributed by atoms with E-state index in [2.05, 4.69) is 28.2 Å². The second-order valence-electron chi connectivity index (χ2n) is 4.06. The Morgan fingerprint density at radius 2 is 2.06 bits per heavy atom. The van der Waals surface area contributed by atoms with E-state index >= 15 is 0 Å². The van der Waals surface area contributed by atoms with E-state index in [4.69, 9.17) is 4.74 Å². The van der Waals surface area contributed by atoms with Gasteiger partial charge in [0.2, 0.25) is 5.91 Å². The average molecular weight is 314 g/mol. The largest absolute Gasteiger partial charge is 0.494 e. The predicted octanol–water partition coefficient (Wildman–Crippen LogP) is 3.27.